The fraction of sp³-hybridized carbons (Fsp3) is 0.154. The summed E-state index contributed by atoms with van der Waals surface area (Å²) in [6.45, 7) is 0. The van der Waals surface area contributed by atoms with Gasteiger partial charge in [-0.15, -0.1) is 0 Å². The second-order valence-corrected chi connectivity index (χ2v) is 5.62. The molecule has 0 spiro atoms. The van der Waals surface area contributed by atoms with Gasteiger partial charge >= 0.3 is 0 Å². The molecule has 0 bridgehead atoms. The Morgan fingerprint density at radius 3 is 2.29 bits per heavy atom. The molecule has 21 heavy (non-hydrogen) atoms. The van der Waals surface area contributed by atoms with Gasteiger partial charge in [0.1, 0.15) is 0 Å². The molecule has 0 radical (unpaired) electrons. The lowest BCUT2D eigenvalue weighted by Gasteiger charge is -2.08. The molecule has 0 aliphatic heterocycles. The normalized spacial score (nSPS) is 10.1. The van der Waals surface area contributed by atoms with E-state index in [1.807, 2.05) is 6.07 Å². The van der Waals surface area contributed by atoms with E-state index in [1.54, 1.807) is 12.1 Å². The van der Waals surface area contributed by atoms with E-state index in [2.05, 4.69) is 47.1 Å². The van der Waals surface area contributed by atoms with Crippen LogP contribution < -0.4 is 14.8 Å². The molecule has 0 aliphatic rings. The predicted octanol–water partition coefficient (Wildman–Crippen LogP) is 3.27. The van der Waals surface area contributed by atoms with Crippen LogP contribution in [-0.4, -0.2) is 30.1 Å². The number of ether oxygens (including phenoxy) is 2. The van der Waals surface area contributed by atoms with Crippen LogP contribution >= 0.6 is 31.9 Å². The molecule has 6 nitrogen and oxygen atoms in total. The van der Waals surface area contributed by atoms with Crippen molar-refractivity contribution in [3.63, 3.8) is 0 Å². The number of hydrogen-bond donors (Lipinski definition) is 1. The van der Waals surface area contributed by atoms with Gasteiger partial charge in [-0.1, -0.05) is 15.9 Å². The SMILES string of the molecule is COc1cc(OC)nc(NC(=O)c2cc(Br)ccc2Br)n1. The van der Waals surface area contributed by atoms with E-state index >= 15 is 0 Å². The Morgan fingerprint density at radius 1 is 1.10 bits per heavy atom. The Bertz CT molecular complexity index is 657. The van der Waals surface area contributed by atoms with Crippen molar-refractivity contribution in [2.24, 2.45) is 0 Å². The molecule has 2 aromatic rings. The zero-order valence-electron chi connectivity index (χ0n) is 11.2. The van der Waals surface area contributed by atoms with Gasteiger partial charge in [0.05, 0.1) is 25.8 Å². The highest BCUT2D eigenvalue weighted by atomic mass is 79.9. The quantitative estimate of drug-likeness (QED) is 0.827. The Morgan fingerprint density at radius 2 is 1.71 bits per heavy atom. The van der Waals surface area contributed by atoms with E-state index in [9.17, 15) is 4.79 Å². The van der Waals surface area contributed by atoms with Gasteiger partial charge in [0.15, 0.2) is 0 Å². The number of halogens is 2. The number of nitrogens with zero attached hydrogens (tertiary/aromatic N) is 2. The first kappa shape index (κ1) is 15.7. The van der Waals surface area contributed by atoms with E-state index in [-0.39, 0.29) is 11.9 Å². The molecule has 1 aromatic carbocycles. The maximum Gasteiger partial charge on any atom is 0.259 e. The second-order valence-electron chi connectivity index (χ2n) is 3.85. The van der Waals surface area contributed by atoms with Gasteiger partial charge in [-0.2, -0.15) is 9.97 Å². The third-order valence-corrected chi connectivity index (χ3v) is 3.68. The standard InChI is InChI=1S/C13H11Br2N3O3/c1-20-10-6-11(21-2)17-13(16-10)18-12(19)8-5-7(14)3-4-9(8)15/h3-6H,1-2H3,(H,16,17,18,19). The monoisotopic (exact) mass is 415 g/mol. The van der Waals surface area contributed by atoms with Crippen molar-refractivity contribution < 1.29 is 14.3 Å². The smallest absolute Gasteiger partial charge is 0.259 e. The number of amides is 1. The predicted molar refractivity (Wildman–Crippen MR) is 84.9 cm³/mol. The molecule has 110 valence electrons. The number of aromatic nitrogens is 2. The highest BCUT2D eigenvalue weighted by Gasteiger charge is 2.14. The summed E-state index contributed by atoms with van der Waals surface area (Å²) in [7, 11) is 2.94. The lowest BCUT2D eigenvalue weighted by atomic mass is 10.2. The summed E-state index contributed by atoms with van der Waals surface area (Å²) in [5.41, 5.74) is 0.453. The minimum absolute atomic E-state index is 0.100. The Labute approximate surface area is 138 Å². The van der Waals surface area contributed by atoms with Crippen molar-refractivity contribution in [1.82, 2.24) is 9.97 Å². The van der Waals surface area contributed by atoms with Gasteiger partial charge in [0.25, 0.3) is 5.91 Å². The van der Waals surface area contributed by atoms with Crippen LogP contribution in [0.4, 0.5) is 5.95 Å². The molecule has 0 saturated carbocycles. The highest BCUT2D eigenvalue weighted by Crippen LogP contribution is 2.23. The number of anilines is 1. The summed E-state index contributed by atoms with van der Waals surface area (Å²) in [6, 6.07) is 6.81. The first-order valence-corrected chi connectivity index (χ1v) is 7.35. The summed E-state index contributed by atoms with van der Waals surface area (Å²) in [5.74, 6) is 0.345. The molecule has 1 N–H and O–H groups in total. The number of carbonyl (C=O) groups excluding carboxylic acids is 1. The van der Waals surface area contributed by atoms with Gasteiger partial charge < -0.3 is 9.47 Å². The highest BCUT2D eigenvalue weighted by molar-refractivity contribution is 9.11. The Balaban J connectivity index is 2.28. The van der Waals surface area contributed by atoms with Crippen molar-refractivity contribution >= 4 is 43.7 Å². The van der Waals surface area contributed by atoms with Gasteiger partial charge in [0, 0.05) is 8.95 Å². The van der Waals surface area contributed by atoms with Gasteiger partial charge in [-0.3, -0.25) is 10.1 Å². The fourth-order valence-electron chi connectivity index (χ4n) is 1.51. The van der Waals surface area contributed by atoms with Gasteiger partial charge in [-0.25, -0.2) is 0 Å². The van der Waals surface area contributed by atoms with Crippen molar-refractivity contribution in [3.05, 3.63) is 38.8 Å². The van der Waals surface area contributed by atoms with Crippen molar-refractivity contribution in [2.45, 2.75) is 0 Å². The van der Waals surface area contributed by atoms with Crippen LogP contribution in [0.25, 0.3) is 0 Å². The molecule has 1 amide bonds. The second kappa shape index (κ2) is 6.86. The maximum atomic E-state index is 12.3. The average Bonchev–Trinajstić information content (AvgIpc) is 2.49. The molecule has 1 heterocycles. The van der Waals surface area contributed by atoms with Crippen LogP contribution in [0, 0.1) is 0 Å². The maximum absolute atomic E-state index is 12.3. The van der Waals surface area contributed by atoms with E-state index < -0.39 is 0 Å². The largest absolute Gasteiger partial charge is 0.481 e. The zero-order chi connectivity index (χ0) is 15.4. The molecule has 2 rings (SSSR count). The van der Waals surface area contributed by atoms with E-state index in [0.29, 0.717) is 21.8 Å². The number of nitrogens with one attached hydrogen (secondary N) is 1. The molecule has 0 fully saturated rings. The van der Waals surface area contributed by atoms with Crippen LogP contribution in [-0.2, 0) is 0 Å². The molecule has 0 aliphatic carbocycles. The van der Waals surface area contributed by atoms with Crippen molar-refractivity contribution in [3.8, 4) is 11.8 Å². The molecule has 1 aromatic heterocycles. The van der Waals surface area contributed by atoms with Crippen molar-refractivity contribution in [2.75, 3.05) is 19.5 Å². The van der Waals surface area contributed by atoms with E-state index in [0.717, 1.165) is 4.47 Å². The van der Waals surface area contributed by atoms with Crippen LogP contribution in [0.1, 0.15) is 10.4 Å². The van der Waals surface area contributed by atoms with Crippen LogP contribution in [0.2, 0.25) is 0 Å². The van der Waals surface area contributed by atoms with Crippen LogP contribution in [0.5, 0.6) is 11.8 Å². The molecular weight excluding hydrogens is 406 g/mol. The summed E-state index contributed by atoms with van der Waals surface area (Å²) in [4.78, 5) is 20.4. The third kappa shape index (κ3) is 3.92. The lowest BCUT2D eigenvalue weighted by Crippen LogP contribution is -2.15. The fourth-order valence-corrected chi connectivity index (χ4v) is 2.30. The van der Waals surface area contributed by atoms with Crippen LogP contribution in [0.15, 0.2) is 33.2 Å². The van der Waals surface area contributed by atoms with E-state index in [1.165, 1.54) is 20.3 Å². The first-order valence-electron chi connectivity index (χ1n) is 5.77. The summed E-state index contributed by atoms with van der Waals surface area (Å²) in [6.07, 6.45) is 0. The summed E-state index contributed by atoms with van der Waals surface area (Å²) in [5, 5.41) is 2.60. The minimum atomic E-state index is -0.349. The average molecular weight is 417 g/mol. The van der Waals surface area contributed by atoms with Crippen LogP contribution in [0.3, 0.4) is 0 Å². The number of hydrogen-bond acceptors (Lipinski definition) is 5. The van der Waals surface area contributed by atoms with Gasteiger partial charge in [0.2, 0.25) is 17.7 Å². The first-order chi connectivity index (χ1) is 10.0. The molecule has 0 atom stereocenters. The van der Waals surface area contributed by atoms with Gasteiger partial charge in [-0.05, 0) is 34.1 Å². The topological polar surface area (TPSA) is 73.3 Å². The van der Waals surface area contributed by atoms with E-state index in [4.69, 9.17) is 9.47 Å². The Hall–Kier alpha value is -1.67. The molecule has 0 unspecified atom stereocenters. The Kier molecular flexibility index (Phi) is 5.13. The zero-order valence-corrected chi connectivity index (χ0v) is 14.4. The number of rotatable bonds is 4. The number of carbonyl (C=O) groups is 1. The summed E-state index contributed by atoms with van der Waals surface area (Å²) < 4.78 is 11.5. The third-order valence-electron chi connectivity index (χ3n) is 2.50. The summed E-state index contributed by atoms with van der Waals surface area (Å²) >= 11 is 6.65. The van der Waals surface area contributed by atoms with Crippen molar-refractivity contribution in [1.29, 1.82) is 0 Å². The lowest BCUT2D eigenvalue weighted by molar-refractivity contribution is 0.102. The molecule has 8 heteroatoms. The number of benzene rings is 1. The number of methoxy groups -OCH3 is 2. The molecule has 0 saturated heterocycles. The minimum Gasteiger partial charge on any atom is -0.481 e. The molecular formula is C13H11Br2N3O3.